The second kappa shape index (κ2) is 6.80. The Hall–Kier alpha value is -2.75. The van der Waals surface area contributed by atoms with E-state index in [1.807, 2.05) is 48.7 Å². The van der Waals surface area contributed by atoms with E-state index in [2.05, 4.69) is 28.1 Å². The predicted molar refractivity (Wildman–Crippen MR) is 86.6 cm³/mol. The van der Waals surface area contributed by atoms with Crippen LogP contribution in [0.3, 0.4) is 0 Å². The molecule has 0 unspecified atom stereocenters. The lowest BCUT2D eigenvalue weighted by molar-refractivity contribution is 0.139. The van der Waals surface area contributed by atoms with Gasteiger partial charge in [0.05, 0.1) is 0 Å². The van der Waals surface area contributed by atoms with Crippen molar-refractivity contribution in [2.45, 2.75) is 13.2 Å². The number of rotatable bonds is 5. The quantitative estimate of drug-likeness (QED) is 0.781. The van der Waals surface area contributed by atoms with Crippen LogP contribution in [0.25, 0.3) is 10.9 Å². The molecule has 0 aliphatic heterocycles. The van der Waals surface area contributed by atoms with Gasteiger partial charge < -0.3 is 14.6 Å². The van der Waals surface area contributed by atoms with Crippen LogP contribution in [0, 0.1) is 0 Å². The van der Waals surface area contributed by atoms with Crippen LogP contribution in [0.1, 0.15) is 5.56 Å². The predicted octanol–water partition coefficient (Wildman–Crippen LogP) is 3.57. The number of amides is 1. The molecule has 0 radical (unpaired) electrons. The fourth-order valence-corrected chi connectivity index (χ4v) is 2.39. The first kappa shape index (κ1) is 14.2. The molecule has 4 nitrogen and oxygen atoms in total. The van der Waals surface area contributed by atoms with E-state index in [9.17, 15) is 4.79 Å². The van der Waals surface area contributed by atoms with Crippen molar-refractivity contribution in [3.05, 3.63) is 72.4 Å². The van der Waals surface area contributed by atoms with Gasteiger partial charge in [0.15, 0.2) is 0 Å². The molecule has 4 heteroatoms. The zero-order valence-corrected chi connectivity index (χ0v) is 12.2. The maximum absolute atomic E-state index is 11.7. The molecule has 0 saturated heterocycles. The number of alkyl carbamates (subject to hydrolysis) is 1. The molecule has 1 N–H and O–H groups in total. The Balaban J connectivity index is 1.45. The number of nitrogens with one attached hydrogen (secondary N) is 1. The maximum Gasteiger partial charge on any atom is 0.407 e. The highest BCUT2D eigenvalue weighted by atomic mass is 16.5. The van der Waals surface area contributed by atoms with Crippen molar-refractivity contribution in [3.63, 3.8) is 0 Å². The third-order valence-corrected chi connectivity index (χ3v) is 3.52. The monoisotopic (exact) mass is 294 g/mol. The third kappa shape index (κ3) is 3.47. The van der Waals surface area contributed by atoms with Gasteiger partial charge in [-0.3, -0.25) is 0 Å². The van der Waals surface area contributed by atoms with Gasteiger partial charge in [-0.25, -0.2) is 4.79 Å². The average Bonchev–Trinajstić information content (AvgIpc) is 2.97. The second-order valence-electron chi connectivity index (χ2n) is 5.06. The molecule has 0 aliphatic rings. The highest BCUT2D eigenvalue weighted by Gasteiger charge is 2.03. The Morgan fingerprint density at radius 1 is 1.00 bits per heavy atom. The Bertz CT molecular complexity index is 750. The molecule has 0 atom stereocenters. The van der Waals surface area contributed by atoms with Gasteiger partial charge in [-0.2, -0.15) is 0 Å². The first-order valence-corrected chi connectivity index (χ1v) is 7.31. The number of aromatic nitrogens is 1. The van der Waals surface area contributed by atoms with Gasteiger partial charge in [-0.05, 0) is 23.1 Å². The summed E-state index contributed by atoms with van der Waals surface area (Å²) in [4.78, 5) is 11.7. The molecular formula is C18H18N2O2. The zero-order chi connectivity index (χ0) is 15.2. The molecule has 3 rings (SSSR count). The van der Waals surface area contributed by atoms with Gasteiger partial charge in [0.1, 0.15) is 6.61 Å². The van der Waals surface area contributed by atoms with Crippen LogP contribution in [0.2, 0.25) is 0 Å². The minimum Gasteiger partial charge on any atom is -0.445 e. The van der Waals surface area contributed by atoms with Gasteiger partial charge in [0, 0.05) is 24.8 Å². The van der Waals surface area contributed by atoms with Gasteiger partial charge in [-0.1, -0.05) is 48.5 Å². The fraction of sp³-hybridized carbons (Fsp3) is 0.167. The van der Waals surface area contributed by atoms with Gasteiger partial charge in [-0.15, -0.1) is 0 Å². The molecule has 1 amide bonds. The van der Waals surface area contributed by atoms with E-state index in [0.29, 0.717) is 19.7 Å². The number of carbonyl (C=O) groups is 1. The molecule has 1 aromatic heterocycles. The first-order valence-electron chi connectivity index (χ1n) is 7.31. The second-order valence-corrected chi connectivity index (χ2v) is 5.06. The standard InChI is InChI=1S/C18H18N2O2/c21-18(22-14-15-6-2-1-3-7-15)19-11-13-20-12-10-16-8-4-5-9-17(16)20/h1-10,12H,11,13-14H2,(H,19,21). The van der Waals surface area contributed by atoms with Crippen LogP contribution in [0.4, 0.5) is 4.79 Å². The van der Waals surface area contributed by atoms with E-state index < -0.39 is 0 Å². The maximum atomic E-state index is 11.7. The van der Waals surface area contributed by atoms with E-state index in [1.165, 1.54) is 10.9 Å². The smallest absolute Gasteiger partial charge is 0.407 e. The zero-order valence-electron chi connectivity index (χ0n) is 12.2. The summed E-state index contributed by atoms with van der Waals surface area (Å²) in [5.74, 6) is 0. The van der Waals surface area contributed by atoms with E-state index in [1.54, 1.807) is 0 Å². The van der Waals surface area contributed by atoms with Crippen LogP contribution in [-0.2, 0) is 17.9 Å². The summed E-state index contributed by atoms with van der Waals surface area (Å²) in [5, 5.41) is 3.98. The molecule has 0 spiro atoms. The number of hydrogen-bond acceptors (Lipinski definition) is 2. The molecule has 22 heavy (non-hydrogen) atoms. The van der Waals surface area contributed by atoms with Crippen molar-refractivity contribution < 1.29 is 9.53 Å². The lowest BCUT2D eigenvalue weighted by Gasteiger charge is -2.08. The summed E-state index contributed by atoms with van der Waals surface area (Å²) in [5.41, 5.74) is 2.15. The summed E-state index contributed by atoms with van der Waals surface area (Å²) < 4.78 is 7.29. The fourth-order valence-electron chi connectivity index (χ4n) is 2.39. The van der Waals surface area contributed by atoms with Crippen molar-refractivity contribution in [1.29, 1.82) is 0 Å². The van der Waals surface area contributed by atoms with Crippen LogP contribution < -0.4 is 5.32 Å². The number of ether oxygens (including phenoxy) is 1. The van der Waals surface area contributed by atoms with Gasteiger partial charge in [0.25, 0.3) is 0 Å². The van der Waals surface area contributed by atoms with Crippen LogP contribution in [0.15, 0.2) is 66.9 Å². The van der Waals surface area contributed by atoms with Crippen LogP contribution in [0.5, 0.6) is 0 Å². The SMILES string of the molecule is O=C(NCCn1ccc2ccccc21)OCc1ccccc1. The highest BCUT2D eigenvalue weighted by molar-refractivity contribution is 5.79. The molecular weight excluding hydrogens is 276 g/mol. The summed E-state index contributed by atoms with van der Waals surface area (Å²) >= 11 is 0. The molecule has 2 aromatic carbocycles. The number of nitrogens with zero attached hydrogens (tertiary/aromatic N) is 1. The van der Waals surface area contributed by atoms with E-state index in [4.69, 9.17) is 4.74 Å². The summed E-state index contributed by atoms with van der Waals surface area (Å²) in [6.07, 6.45) is 1.64. The van der Waals surface area contributed by atoms with Crippen molar-refractivity contribution in [2.24, 2.45) is 0 Å². The summed E-state index contributed by atoms with van der Waals surface area (Å²) in [6.45, 7) is 1.54. The van der Waals surface area contributed by atoms with Gasteiger partial charge in [0.2, 0.25) is 0 Å². The Kier molecular flexibility index (Phi) is 4.39. The van der Waals surface area contributed by atoms with E-state index >= 15 is 0 Å². The summed E-state index contributed by atoms with van der Waals surface area (Å²) in [6, 6.07) is 19.9. The minimum absolute atomic E-state index is 0.291. The van der Waals surface area contributed by atoms with Crippen molar-refractivity contribution >= 4 is 17.0 Å². The van der Waals surface area contributed by atoms with E-state index in [0.717, 1.165) is 5.56 Å². The molecule has 0 fully saturated rings. The Labute approximate surface area is 129 Å². The normalized spacial score (nSPS) is 10.5. The van der Waals surface area contributed by atoms with Crippen LogP contribution >= 0.6 is 0 Å². The van der Waals surface area contributed by atoms with Crippen molar-refractivity contribution in [2.75, 3.05) is 6.54 Å². The van der Waals surface area contributed by atoms with E-state index in [-0.39, 0.29) is 6.09 Å². The lowest BCUT2D eigenvalue weighted by Crippen LogP contribution is -2.27. The van der Waals surface area contributed by atoms with Crippen molar-refractivity contribution in [1.82, 2.24) is 9.88 Å². The van der Waals surface area contributed by atoms with Crippen LogP contribution in [-0.4, -0.2) is 17.2 Å². The number of fused-ring (bicyclic) bond motifs is 1. The topological polar surface area (TPSA) is 43.3 Å². The lowest BCUT2D eigenvalue weighted by atomic mass is 10.2. The number of hydrogen-bond donors (Lipinski definition) is 1. The molecule has 112 valence electrons. The minimum atomic E-state index is -0.389. The average molecular weight is 294 g/mol. The third-order valence-electron chi connectivity index (χ3n) is 3.52. The number of benzene rings is 2. The Morgan fingerprint density at radius 2 is 1.77 bits per heavy atom. The Morgan fingerprint density at radius 3 is 2.64 bits per heavy atom. The molecule has 0 bridgehead atoms. The largest absolute Gasteiger partial charge is 0.445 e. The molecule has 0 aliphatic carbocycles. The number of para-hydroxylation sites is 1. The number of carbonyl (C=O) groups excluding carboxylic acids is 1. The highest BCUT2D eigenvalue weighted by Crippen LogP contribution is 2.14. The van der Waals surface area contributed by atoms with Crippen molar-refractivity contribution in [3.8, 4) is 0 Å². The van der Waals surface area contributed by atoms with Gasteiger partial charge >= 0.3 is 6.09 Å². The molecule has 1 heterocycles. The summed E-state index contributed by atoms with van der Waals surface area (Å²) in [7, 11) is 0. The molecule has 3 aromatic rings. The first-order chi connectivity index (χ1) is 10.8. The molecule has 0 saturated carbocycles.